The average Bonchev–Trinajstić information content (AvgIpc) is 2.75. The average molecular weight is 261 g/mol. The third kappa shape index (κ3) is 2.99. The lowest BCUT2D eigenvalue weighted by atomic mass is 10.1. The smallest absolute Gasteiger partial charge is 0.122 e. The minimum atomic E-state index is 0.674. The highest BCUT2D eigenvalue weighted by atomic mass is 16.5. The Morgan fingerprint density at radius 3 is 2.53 bits per heavy atom. The Balaban J connectivity index is 2.13. The molecule has 1 heterocycles. The second-order valence-electron chi connectivity index (χ2n) is 4.36. The molecule has 2 N–H and O–H groups in total. The summed E-state index contributed by atoms with van der Waals surface area (Å²) in [5, 5.41) is 4.34. The van der Waals surface area contributed by atoms with Gasteiger partial charge in [0.25, 0.3) is 0 Å². The zero-order chi connectivity index (χ0) is 13.8. The topological polar surface area (TPSA) is 62.3 Å². The van der Waals surface area contributed by atoms with E-state index in [-0.39, 0.29) is 0 Å². The van der Waals surface area contributed by atoms with Crippen molar-refractivity contribution in [2.75, 3.05) is 20.0 Å². The molecule has 0 fully saturated rings. The van der Waals surface area contributed by atoms with Crippen LogP contribution < -0.4 is 15.2 Å². The third-order valence-electron chi connectivity index (χ3n) is 3.10. The van der Waals surface area contributed by atoms with Crippen LogP contribution in [-0.4, -0.2) is 24.0 Å². The van der Waals surface area contributed by atoms with Crippen LogP contribution in [0.5, 0.6) is 11.5 Å². The quantitative estimate of drug-likeness (QED) is 0.891. The number of anilines is 1. The molecule has 5 heteroatoms. The number of nitrogen functional groups attached to an aromatic ring is 1. The van der Waals surface area contributed by atoms with E-state index in [9.17, 15) is 0 Å². The molecule has 102 valence electrons. The highest BCUT2D eigenvalue weighted by Gasteiger charge is 2.07. The van der Waals surface area contributed by atoms with Crippen LogP contribution in [0, 0.1) is 0 Å². The fraction of sp³-hybridized carbons (Fsp3) is 0.357. The molecule has 2 rings (SSSR count). The molecule has 0 amide bonds. The van der Waals surface area contributed by atoms with Crippen molar-refractivity contribution in [2.24, 2.45) is 7.05 Å². The molecule has 0 aliphatic carbocycles. The molecule has 0 saturated carbocycles. The molecule has 0 atom stereocenters. The third-order valence-corrected chi connectivity index (χ3v) is 3.10. The first kappa shape index (κ1) is 13.3. The van der Waals surface area contributed by atoms with Gasteiger partial charge in [-0.1, -0.05) is 0 Å². The Morgan fingerprint density at radius 2 is 1.95 bits per heavy atom. The first-order valence-corrected chi connectivity index (χ1v) is 6.13. The zero-order valence-electron chi connectivity index (χ0n) is 11.5. The van der Waals surface area contributed by atoms with Crippen molar-refractivity contribution < 1.29 is 9.47 Å². The summed E-state index contributed by atoms with van der Waals surface area (Å²) in [5.41, 5.74) is 7.85. The molecule has 5 nitrogen and oxygen atoms in total. The van der Waals surface area contributed by atoms with Gasteiger partial charge in [-0.15, -0.1) is 0 Å². The van der Waals surface area contributed by atoms with Crippen molar-refractivity contribution in [3.05, 3.63) is 35.5 Å². The van der Waals surface area contributed by atoms with Gasteiger partial charge in [-0.05, 0) is 36.6 Å². The largest absolute Gasteiger partial charge is 0.497 e. The fourth-order valence-corrected chi connectivity index (χ4v) is 2.01. The Morgan fingerprint density at radius 1 is 1.16 bits per heavy atom. The van der Waals surface area contributed by atoms with E-state index in [0.717, 1.165) is 35.6 Å². The van der Waals surface area contributed by atoms with Crippen molar-refractivity contribution in [1.82, 2.24) is 9.78 Å². The van der Waals surface area contributed by atoms with E-state index in [1.54, 1.807) is 18.9 Å². The first-order valence-electron chi connectivity index (χ1n) is 6.13. The summed E-state index contributed by atoms with van der Waals surface area (Å²) < 4.78 is 12.3. The Bertz CT molecular complexity index is 544. The normalized spacial score (nSPS) is 10.5. The van der Waals surface area contributed by atoms with E-state index in [2.05, 4.69) is 5.10 Å². The standard InChI is InChI=1S/C14H19N3O2/c1-17-14(15)9-11(16-17)5-4-10-8-12(18-2)6-7-13(10)19-3/h6-9H,4-5,15H2,1-3H3. The monoisotopic (exact) mass is 261 g/mol. The minimum Gasteiger partial charge on any atom is -0.497 e. The number of ether oxygens (including phenoxy) is 2. The minimum absolute atomic E-state index is 0.674. The lowest BCUT2D eigenvalue weighted by molar-refractivity contribution is 0.398. The molecule has 1 aromatic heterocycles. The van der Waals surface area contributed by atoms with Crippen LogP contribution in [0.15, 0.2) is 24.3 Å². The molecule has 1 aromatic carbocycles. The Hall–Kier alpha value is -2.17. The van der Waals surface area contributed by atoms with Crippen LogP contribution >= 0.6 is 0 Å². The summed E-state index contributed by atoms with van der Waals surface area (Å²) in [4.78, 5) is 0. The van der Waals surface area contributed by atoms with Crippen LogP contribution in [0.2, 0.25) is 0 Å². The predicted octanol–water partition coefficient (Wildman–Crippen LogP) is 1.80. The van der Waals surface area contributed by atoms with Crippen LogP contribution in [-0.2, 0) is 19.9 Å². The highest BCUT2D eigenvalue weighted by Crippen LogP contribution is 2.25. The van der Waals surface area contributed by atoms with Gasteiger partial charge in [-0.2, -0.15) is 5.10 Å². The molecule has 0 unspecified atom stereocenters. The van der Waals surface area contributed by atoms with Gasteiger partial charge in [0.1, 0.15) is 17.3 Å². The lowest BCUT2D eigenvalue weighted by Crippen LogP contribution is -1.99. The number of hydrogen-bond acceptors (Lipinski definition) is 4. The molecular weight excluding hydrogens is 242 g/mol. The SMILES string of the molecule is COc1ccc(OC)c(CCc2cc(N)n(C)n2)c1. The van der Waals surface area contributed by atoms with Crippen molar-refractivity contribution in [3.63, 3.8) is 0 Å². The molecule has 2 aromatic rings. The number of rotatable bonds is 5. The van der Waals surface area contributed by atoms with Crippen LogP contribution in [0.3, 0.4) is 0 Å². The van der Waals surface area contributed by atoms with Crippen molar-refractivity contribution in [1.29, 1.82) is 0 Å². The number of aromatic nitrogens is 2. The maximum atomic E-state index is 5.77. The molecular formula is C14H19N3O2. The number of nitrogens with two attached hydrogens (primary N) is 1. The van der Waals surface area contributed by atoms with Crippen LogP contribution in [0.4, 0.5) is 5.82 Å². The molecule has 0 bridgehead atoms. The van der Waals surface area contributed by atoms with Crippen LogP contribution in [0.1, 0.15) is 11.3 Å². The molecule has 0 aliphatic rings. The summed E-state index contributed by atoms with van der Waals surface area (Å²) in [6, 6.07) is 7.69. The van der Waals surface area contributed by atoms with Gasteiger partial charge in [-0.3, -0.25) is 4.68 Å². The van der Waals surface area contributed by atoms with Gasteiger partial charge in [0.15, 0.2) is 0 Å². The first-order chi connectivity index (χ1) is 9.13. The highest BCUT2D eigenvalue weighted by molar-refractivity contribution is 5.41. The summed E-state index contributed by atoms with van der Waals surface area (Å²) >= 11 is 0. The van der Waals surface area contributed by atoms with Crippen molar-refractivity contribution >= 4 is 5.82 Å². The van der Waals surface area contributed by atoms with Crippen molar-refractivity contribution in [2.45, 2.75) is 12.8 Å². The number of methoxy groups -OCH3 is 2. The summed E-state index contributed by atoms with van der Waals surface area (Å²) in [6.45, 7) is 0. The van der Waals surface area contributed by atoms with Gasteiger partial charge in [0.2, 0.25) is 0 Å². The number of hydrogen-bond donors (Lipinski definition) is 1. The maximum Gasteiger partial charge on any atom is 0.122 e. The van der Waals surface area contributed by atoms with Gasteiger partial charge in [-0.25, -0.2) is 0 Å². The van der Waals surface area contributed by atoms with Gasteiger partial charge >= 0.3 is 0 Å². The number of nitrogens with zero attached hydrogens (tertiary/aromatic N) is 2. The molecule has 19 heavy (non-hydrogen) atoms. The van der Waals surface area contributed by atoms with Gasteiger partial charge in [0, 0.05) is 13.1 Å². The van der Waals surface area contributed by atoms with E-state index in [4.69, 9.17) is 15.2 Å². The maximum absolute atomic E-state index is 5.77. The van der Waals surface area contributed by atoms with E-state index < -0.39 is 0 Å². The van der Waals surface area contributed by atoms with E-state index >= 15 is 0 Å². The van der Waals surface area contributed by atoms with E-state index in [0.29, 0.717) is 5.82 Å². The summed E-state index contributed by atoms with van der Waals surface area (Å²) in [5.74, 6) is 2.37. The number of benzene rings is 1. The molecule has 0 spiro atoms. The molecule has 0 radical (unpaired) electrons. The van der Waals surface area contributed by atoms with Gasteiger partial charge in [0.05, 0.1) is 19.9 Å². The lowest BCUT2D eigenvalue weighted by Gasteiger charge is -2.09. The molecule has 0 saturated heterocycles. The van der Waals surface area contributed by atoms with Crippen molar-refractivity contribution in [3.8, 4) is 11.5 Å². The Kier molecular flexibility index (Phi) is 3.94. The second-order valence-corrected chi connectivity index (χ2v) is 4.36. The Labute approximate surface area is 112 Å². The van der Waals surface area contributed by atoms with Crippen LogP contribution in [0.25, 0.3) is 0 Å². The second kappa shape index (κ2) is 5.65. The zero-order valence-corrected chi connectivity index (χ0v) is 11.5. The summed E-state index contributed by atoms with van der Waals surface area (Å²) in [6.07, 6.45) is 1.64. The predicted molar refractivity (Wildman–Crippen MR) is 74.6 cm³/mol. The van der Waals surface area contributed by atoms with E-state index in [1.165, 1.54) is 0 Å². The molecule has 0 aliphatic heterocycles. The summed E-state index contributed by atoms with van der Waals surface area (Å²) in [7, 11) is 5.17. The fourth-order valence-electron chi connectivity index (χ4n) is 2.01. The van der Waals surface area contributed by atoms with Gasteiger partial charge < -0.3 is 15.2 Å². The van der Waals surface area contributed by atoms with E-state index in [1.807, 2.05) is 31.3 Å². The number of aryl methyl sites for hydroxylation is 3.